The molecule has 158 valence electrons. The molecule has 0 fully saturated rings. The van der Waals surface area contributed by atoms with Gasteiger partial charge in [-0.1, -0.05) is 6.07 Å². The summed E-state index contributed by atoms with van der Waals surface area (Å²) in [5.41, 5.74) is 7.86. The quantitative estimate of drug-likeness (QED) is 0.233. The first-order valence-corrected chi connectivity index (χ1v) is 10.1. The lowest BCUT2D eigenvalue weighted by atomic mass is 10.3. The maximum atomic E-state index is 4.62. The summed E-state index contributed by atoms with van der Waals surface area (Å²) < 4.78 is 2.00. The lowest BCUT2D eigenvalue weighted by Gasteiger charge is -1.86. The predicted molar refractivity (Wildman–Crippen MR) is 126 cm³/mol. The molecule has 0 amide bonds. The molecule has 6 rings (SSSR count). The van der Waals surface area contributed by atoms with Crippen LogP contribution in [0, 0.1) is 0 Å². The van der Waals surface area contributed by atoms with Crippen molar-refractivity contribution in [2.75, 3.05) is 0 Å². The Labute approximate surface area is 203 Å². The van der Waals surface area contributed by atoms with Crippen LogP contribution in [0.5, 0.6) is 0 Å². The van der Waals surface area contributed by atoms with Crippen LogP contribution >= 0.6 is 0 Å². The second kappa shape index (κ2) is 9.74. The molecule has 4 aromatic heterocycles. The van der Waals surface area contributed by atoms with E-state index in [1.807, 2.05) is 84.7 Å². The normalized spacial score (nSPS) is 11.4. The smallest absolute Gasteiger partial charge is 0.168 e. The summed E-state index contributed by atoms with van der Waals surface area (Å²) in [7, 11) is 2.00. The molecule has 2 aliphatic rings. The van der Waals surface area contributed by atoms with Gasteiger partial charge in [-0.3, -0.25) is 0 Å². The van der Waals surface area contributed by atoms with Gasteiger partial charge in [0.2, 0.25) is 0 Å². The number of hydrogen-bond donors (Lipinski definition) is 2. The number of aromatic amines is 2. The van der Waals surface area contributed by atoms with E-state index in [9.17, 15) is 0 Å². The zero-order chi connectivity index (χ0) is 21.0. The van der Waals surface area contributed by atoms with Crippen molar-refractivity contribution in [1.29, 1.82) is 0 Å². The number of hydrogen-bond acceptors (Lipinski definition) is 2. The Balaban J connectivity index is 0.000000265. The number of H-pyrrole nitrogens is 2. The topological polar surface area (TPSA) is 61.2 Å². The third-order valence-electron chi connectivity index (χ3n) is 4.91. The van der Waals surface area contributed by atoms with Gasteiger partial charge in [-0.2, -0.15) is 0 Å². The maximum absolute atomic E-state index is 4.62. The summed E-state index contributed by atoms with van der Waals surface area (Å²) in [6.45, 7) is 0. The molecule has 6 heteroatoms. The minimum Gasteiger partial charge on any atom is -1.00 e. The maximum Gasteiger partial charge on any atom is 0.168 e. The Morgan fingerprint density at radius 3 is 1.38 bits per heavy atom. The first-order chi connectivity index (χ1) is 15.2. The Morgan fingerprint density at radius 1 is 0.562 bits per heavy atom. The van der Waals surface area contributed by atoms with Gasteiger partial charge < -0.3 is 33.9 Å². The van der Waals surface area contributed by atoms with E-state index in [1.54, 1.807) is 0 Å². The molecule has 0 unspecified atom stereocenters. The van der Waals surface area contributed by atoms with E-state index >= 15 is 0 Å². The van der Waals surface area contributed by atoms with E-state index in [2.05, 4.69) is 50.3 Å². The van der Waals surface area contributed by atoms with Crippen LogP contribution in [-0.4, -0.2) is 19.9 Å². The van der Waals surface area contributed by atoms with E-state index in [-0.39, 0.29) is 24.0 Å². The van der Waals surface area contributed by atoms with Gasteiger partial charge in [0, 0.05) is 34.2 Å². The summed E-state index contributed by atoms with van der Waals surface area (Å²) in [5, 5.41) is 0. The monoisotopic (exact) mass is 531 g/mol. The molecular formula is C26H22IN5. The van der Waals surface area contributed by atoms with Crippen LogP contribution in [0.2, 0.25) is 0 Å². The Bertz CT molecular complexity index is 1360. The van der Waals surface area contributed by atoms with Crippen LogP contribution in [-0.2, 0) is 7.05 Å². The highest BCUT2D eigenvalue weighted by Gasteiger charge is 2.02. The number of nitrogens with one attached hydrogen (secondary N) is 2. The van der Waals surface area contributed by atoms with Crippen molar-refractivity contribution in [3.8, 4) is 0 Å². The SMILES string of the molecule is C1=Cc2cc3ccc(cc4ccc(cc5nc(cc1n2)C=C5)[nH]4)[nH]3.C[n+]1ccccc1.[I-]. The molecule has 2 N–H and O–H groups in total. The van der Waals surface area contributed by atoms with Crippen LogP contribution in [0.4, 0.5) is 0 Å². The minimum absolute atomic E-state index is 0. The number of halogens is 1. The fourth-order valence-electron chi connectivity index (χ4n) is 3.43. The number of nitrogens with zero attached hydrogens (tertiary/aromatic N) is 3. The molecule has 0 atom stereocenters. The molecule has 6 heterocycles. The first kappa shape index (κ1) is 21.7. The van der Waals surface area contributed by atoms with Crippen molar-refractivity contribution in [1.82, 2.24) is 19.9 Å². The third-order valence-corrected chi connectivity index (χ3v) is 4.91. The van der Waals surface area contributed by atoms with Crippen LogP contribution in [0.25, 0.3) is 46.4 Å². The summed E-state index contributed by atoms with van der Waals surface area (Å²) in [4.78, 5) is 16.0. The zero-order valence-corrected chi connectivity index (χ0v) is 19.7. The van der Waals surface area contributed by atoms with Crippen LogP contribution in [0.3, 0.4) is 0 Å². The summed E-state index contributed by atoms with van der Waals surface area (Å²) in [6.07, 6.45) is 12.0. The molecule has 0 spiro atoms. The number of aromatic nitrogens is 5. The molecule has 0 saturated carbocycles. The van der Waals surface area contributed by atoms with Crippen LogP contribution in [0.15, 0.2) is 79.1 Å². The standard InChI is InChI=1S/C20H14N4.C6H8N.HI/c1-2-14-10-16-5-6-18(23-16)12-20-8-7-19(24-20)11-17-4-3-15(22-17)9-13(1)21-14;1-7-5-3-2-4-6-7;/h1-12,21-22H;2-6H,1H3;1H/q;+1;/p-1. The molecule has 5 nitrogen and oxygen atoms in total. The van der Waals surface area contributed by atoms with Crippen molar-refractivity contribution >= 4 is 46.4 Å². The first-order valence-electron chi connectivity index (χ1n) is 10.1. The number of fused-ring (bicyclic) bond motifs is 8. The van der Waals surface area contributed by atoms with Gasteiger partial charge in [0.1, 0.15) is 7.05 Å². The fraction of sp³-hybridized carbons (Fsp3) is 0.0385. The molecule has 0 radical (unpaired) electrons. The van der Waals surface area contributed by atoms with Crippen LogP contribution < -0.4 is 28.5 Å². The van der Waals surface area contributed by atoms with E-state index < -0.39 is 0 Å². The van der Waals surface area contributed by atoms with E-state index in [0.717, 1.165) is 44.8 Å². The number of pyridine rings is 1. The molecular weight excluding hydrogens is 509 g/mol. The fourth-order valence-corrected chi connectivity index (χ4v) is 3.43. The highest BCUT2D eigenvalue weighted by atomic mass is 127. The predicted octanol–water partition coefficient (Wildman–Crippen LogP) is 2.17. The van der Waals surface area contributed by atoms with Gasteiger partial charge in [-0.25, -0.2) is 14.5 Å². The Kier molecular flexibility index (Phi) is 6.61. The largest absolute Gasteiger partial charge is 1.00 e. The Morgan fingerprint density at radius 2 is 0.969 bits per heavy atom. The third kappa shape index (κ3) is 5.39. The molecule has 0 saturated heterocycles. The van der Waals surface area contributed by atoms with Crippen molar-refractivity contribution in [2.24, 2.45) is 7.05 Å². The second-order valence-corrected chi connectivity index (χ2v) is 7.45. The lowest BCUT2D eigenvalue weighted by Crippen LogP contribution is -3.00. The molecule has 0 aliphatic carbocycles. The second-order valence-electron chi connectivity index (χ2n) is 7.45. The Hall–Kier alpha value is -3.52. The lowest BCUT2D eigenvalue weighted by molar-refractivity contribution is -0.671. The van der Waals surface area contributed by atoms with Gasteiger partial charge in [-0.15, -0.1) is 0 Å². The molecule has 2 aliphatic heterocycles. The molecule has 8 bridgehead atoms. The molecule has 32 heavy (non-hydrogen) atoms. The van der Waals surface area contributed by atoms with Crippen molar-refractivity contribution in [3.05, 3.63) is 102 Å². The van der Waals surface area contributed by atoms with Crippen molar-refractivity contribution in [2.45, 2.75) is 0 Å². The van der Waals surface area contributed by atoms with Gasteiger partial charge in [0.25, 0.3) is 0 Å². The van der Waals surface area contributed by atoms with Crippen molar-refractivity contribution in [3.63, 3.8) is 0 Å². The summed E-state index contributed by atoms with van der Waals surface area (Å²) >= 11 is 0. The van der Waals surface area contributed by atoms with Gasteiger partial charge in [0.15, 0.2) is 12.4 Å². The summed E-state index contributed by atoms with van der Waals surface area (Å²) in [5.74, 6) is 0. The zero-order valence-electron chi connectivity index (χ0n) is 17.5. The minimum atomic E-state index is 0. The molecule has 4 aromatic rings. The van der Waals surface area contributed by atoms with Gasteiger partial charge >= 0.3 is 0 Å². The number of aryl methyl sites for hydroxylation is 1. The summed E-state index contributed by atoms with van der Waals surface area (Å²) in [6, 6.07) is 22.4. The van der Waals surface area contributed by atoms with E-state index in [1.165, 1.54) is 0 Å². The average Bonchev–Trinajstić information content (AvgIpc) is 3.55. The van der Waals surface area contributed by atoms with Gasteiger partial charge in [0.05, 0.1) is 22.8 Å². The van der Waals surface area contributed by atoms with E-state index in [4.69, 9.17) is 0 Å². The van der Waals surface area contributed by atoms with Crippen LogP contribution in [0.1, 0.15) is 22.8 Å². The van der Waals surface area contributed by atoms with Crippen molar-refractivity contribution < 1.29 is 28.5 Å². The average molecular weight is 531 g/mol. The molecule has 0 aromatic carbocycles. The van der Waals surface area contributed by atoms with Gasteiger partial charge in [-0.05, 0) is 72.8 Å². The highest BCUT2D eigenvalue weighted by Crippen LogP contribution is 2.17. The van der Waals surface area contributed by atoms with E-state index in [0.29, 0.717) is 0 Å². The number of rotatable bonds is 0. The highest BCUT2D eigenvalue weighted by molar-refractivity contribution is 5.77.